The first kappa shape index (κ1) is 12.7. The number of rotatable bonds is 1. The zero-order valence-electron chi connectivity index (χ0n) is 10.7. The highest BCUT2D eigenvalue weighted by Crippen LogP contribution is 2.20. The van der Waals surface area contributed by atoms with E-state index in [2.05, 4.69) is 40.7 Å². The quantitative estimate of drug-likeness (QED) is 0.810. The van der Waals surface area contributed by atoms with Gasteiger partial charge in [0.05, 0.1) is 4.47 Å². The predicted molar refractivity (Wildman–Crippen MR) is 75.5 cm³/mol. The molecular weight excluding hydrogens is 306 g/mol. The van der Waals surface area contributed by atoms with Gasteiger partial charge in [0.25, 0.3) is 0 Å². The molecule has 100 valence electrons. The Morgan fingerprint density at radius 2 is 1.68 bits per heavy atom. The molecule has 3 heterocycles. The van der Waals surface area contributed by atoms with Crippen molar-refractivity contribution in [2.24, 2.45) is 0 Å². The standard InChI is InChI=1S/C13H16BrN5/c14-10-8-15-12(16-9-10)13-18-17-11-6-4-2-1-3-5-7-19(11)13/h8-9H,1-7H2. The van der Waals surface area contributed by atoms with Crippen molar-refractivity contribution in [2.45, 2.75) is 45.1 Å². The second kappa shape index (κ2) is 5.77. The molecule has 0 atom stereocenters. The third kappa shape index (κ3) is 2.83. The van der Waals surface area contributed by atoms with Gasteiger partial charge in [0.2, 0.25) is 5.82 Å². The zero-order chi connectivity index (χ0) is 13.1. The van der Waals surface area contributed by atoms with Crippen LogP contribution in [-0.2, 0) is 13.0 Å². The average Bonchev–Trinajstić information content (AvgIpc) is 2.84. The van der Waals surface area contributed by atoms with Crippen molar-refractivity contribution < 1.29 is 0 Å². The SMILES string of the molecule is Brc1cnc(-c2nnc3n2CCCCCCC3)nc1. The molecule has 0 amide bonds. The molecule has 19 heavy (non-hydrogen) atoms. The van der Waals surface area contributed by atoms with Crippen molar-refractivity contribution >= 4 is 15.9 Å². The lowest BCUT2D eigenvalue weighted by molar-refractivity contribution is 0.586. The lowest BCUT2D eigenvalue weighted by atomic mass is 10.1. The van der Waals surface area contributed by atoms with Crippen LogP contribution in [0.2, 0.25) is 0 Å². The van der Waals surface area contributed by atoms with Gasteiger partial charge in [-0.3, -0.25) is 0 Å². The van der Waals surface area contributed by atoms with E-state index in [9.17, 15) is 0 Å². The molecule has 0 aromatic carbocycles. The van der Waals surface area contributed by atoms with Crippen LogP contribution in [0.4, 0.5) is 0 Å². The Hall–Kier alpha value is -1.30. The summed E-state index contributed by atoms with van der Waals surface area (Å²) in [6.45, 7) is 0.969. The molecule has 0 saturated heterocycles. The second-order valence-electron chi connectivity index (χ2n) is 4.83. The molecule has 3 rings (SSSR count). The largest absolute Gasteiger partial charge is 0.308 e. The summed E-state index contributed by atoms with van der Waals surface area (Å²) < 4.78 is 3.06. The number of aryl methyl sites for hydroxylation is 1. The first-order chi connectivity index (χ1) is 9.34. The fourth-order valence-electron chi connectivity index (χ4n) is 2.43. The van der Waals surface area contributed by atoms with Gasteiger partial charge < -0.3 is 4.57 Å². The van der Waals surface area contributed by atoms with Crippen LogP contribution in [0.25, 0.3) is 11.6 Å². The summed E-state index contributed by atoms with van der Waals surface area (Å²) in [5.41, 5.74) is 0. The van der Waals surface area contributed by atoms with Gasteiger partial charge in [-0.1, -0.05) is 19.3 Å². The van der Waals surface area contributed by atoms with E-state index in [0.717, 1.165) is 29.1 Å². The highest BCUT2D eigenvalue weighted by Gasteiger charge is 2.16. The Bertz CT molecular complexity index is 549. The first-order valence-electron chi connectivity index (χ1n) is 6.74. The lowest BCUT2D eigenvalue weighted by Crippen LogP contribution is -2.06. The molecule has 0 bridgehead atoms. The lowest BCUT2D eigenvalue weighted by Gasteiger charge is -2.07. The molecular formula is C13H16BrN5. The first-order valence-corrected chi connectivity index (χ1v) is 7.54. The summed E-state index contributed by atoms with van der Waals surface area (Å²) in [6.07, 6.45) is 10.8. The Kier molecular flexibility index (Phi) is 3.87. The van der Waals surface area contributed by atoms with Crippen molar-refractivity contribution in [3.8, 4) is 11.6 Å². The topological polar surface area (TPSA) is 56.5 Å². The normalized spacial score (nSPS) is 16.3. The molecule has 0 fully saturated rings. The maximum Gasteiger partial charge on any atom is 0.201 e. The predicted octanol–water partition coefficient (Wildman–Crippen LogP) is 3.00. The Labute approximate surface area is 120 Å². The van der Waals surface area contributed by atoms with Gasteiger partial charge in [0.1, 0.15) is 5.82 Å². The Morgan fingerprint density at radius 3 is 2.53 bits per heavy atom. The smallest absolute Gasteiger partial charge is 0.201 e. The van der Waals surface area contributed by atoms with Crippen LogP contribution in [0.15, 0.2) is 16.9 Å². The molecule has 0 spiro atoms. The van der Waals surface area contributed by atoms with E-state index in [1.54, 1.807) is 12.4 Å². The van der Waals surface area contributed by atoms with Gasteiger partial charge in [0, 0.05) is 25.4 Å². The average molecular weight is 322 g/mol. The van der Waals surface area contributed by atoms with E-state index < -0.39 is 0 Å². The van der Waals surface area contributed by atoms with Crippen LogP contribution in [-0.4, -0.2) is 24.7 Å². The molecule has 0 saturated carbocycles. The number of hydrogen-bond acceptors (Lipinski definition) is 4. The highest BCUT2D eigenvalue weighted by atomic mass is 79.9. The molecule has 2 aromatic heterocycles. The van der Waals surface area contributed by atoms with E-state index >= 15 is 0 Å². The summed E-state index contributed by atoms with van der Waals surface area (Å²) in [6, 6.07) is 0. The number of nitrogens with zero attached hydrogens (tertiary/aromatic N) is 5. The molecule has 0 aliphatic carbocycles. The van der Waals surface area contributed by atoms with Crippen LogP contribution in [0.5, 0.6) is 0 Å². The van der Waals surface area contributed by atoms with Crippen molar-refractivity contribution in [3.05, 3.63) is 22.7 Å². The molecule has 5 nitrogen and oxygen atoms in total. The molecule has 1 aliphatic heterocycles. The van der Waals surface area contributed by atoms with Crippen LogP contribution in [0, 0.1) is 0 Å². The second-order valence-corrected chi connectivity index (χ2v) is 5.75. The van der Waals surface area contributed by atoms with E-state index in [1.807, 2.05) is 0 Å². The minimum atomic E-state index is 0.654. The molecule has 0 unspecified atom stereocenters. The van der Waals surface area contributed by atoms with Gasteiger partial charge >= 0.3 is 0 Å². The third-order valence-electron chi connectivity index (χ3n) is 3.43. The maximum atomic E-state index is 4.33. The highest BCUT2D eigenvalue weighted by molar-refractivity contribution is 9.10. The Balaban J connectivity index is 1.96. The van der Waals surface area contributed by atoms with Gasteiger partial charge in [-0.25, -0.2) is 9.97 Å². The minimum absolute atomic E-state index is 0.654. The summed E-state index contributed by atoms with van der Waals surface area (Å²) in [7, 11) is 0. The van der Waals surface area contributed by atoms with Crippen LogP contribution in [0.3, 0.4) is 0 Å². The maximum absolute atomic E-state index is 4.33. The number of fused-ring (bicyclic) bond motifs is 1. The Morgan fingerprint density at radius 1 is 0.947 bits per heavy atom. The van der Waals surface area contributed by atoms with Crippen molar-refractivity contribution in [1.82, 2.24) is 24.7 Å². The van der Waals surface area contributed by atoms with Gasteiger partial charge in [-0.2, -0.15) is 0 Å². The summed E-state index contributed by atoms with van der Waals surface area (Å²) in [5.74, 6) is 2.52. The molecule has 0 radical (unpaired) electrons. The van der Waals surface area contributed by atoms with Crippen molar-refractivity contribution in [1.29, 1.82) is 0 Å². The van der Waals surface area contributed by atoms with E-state index in [4.69, 9.17) is 0 Å². The van der Waals surface area contributed by atoms with Crippen LogP contribution >= 0.6 is 15.9 Å². The summed E-state index contributed by atoms with van der Waals surface area (Å²) in [4.78, 5) is 8.65. The summed E-state index contributed by atoms with van der Waals surface area (Å²) in [5, 5.41) is 8.60. The number of hydrogen-bond donors (Lipinski definition) is 0. The minimum Gasteiger partial charge on any atom is -0.308 e. The zero-order valence-corrected chi connectivity index (χ0v) is 12.3. The van der Waals surface area contributed by atoms with E-state index in [0.29, 0.717) is 5.82 Å². The third-order valence-corrected chi connectivity index (χ3v) is 3.84. The van der Waals surface area contributed by atoms with E-state index in [1.165, 1.54) is 32.1 Å². The fraction of sp³-hybridized carbons (Fsp3) is 0.538. The van der Waals surface area contributed by atoms with E-state index in [-0.39, 0.29) is 0 Å². The monoisotopic (exact) mass is 321 g/mol. The number of halogens is 1. The van der Waals surface area contributed by atoms with Crippen molar-refractivity contribution in [3.63, 3.8) is 0 Å². The van der Waals surface area contributed by atoms with Crippen LogP contribution in [0.1, 0.15) is 37.9 Å². The fourth-order valence-corrected chi connectivity index (χ4v) is 2.64. The van der Waals surface area contributed by atoms with Gasteiger partial charge in [-0.15, -0.1) is 10.2 Å². The van der Waals surface area contributed by atoms with Gasteiger partial charge in [-0.05, 0) is 28.8 Å². The molecule has 0 N–H and O–H groups in total. The van der Waals surface area contributed by atoms with Crippen LogP contribution < -0.4 is 0 Å². The number of aromatic nitrogens is 5. The summed E-state index contributed by atoms with van der Waals surface area (Å²) >= 11 is 3.35. The molecule has 2 aromatic rings. The van der Waals surface area contributed by atoms with Gasteiger partial charge in [0.15, 0.2) is 5.82 Å². The molecule has 6 heteroatoms. The molecule has 1 aliphatic rings. The van der Waals surface area contributed by atoms with Crippen molar-refractivity contribution in [2.75, 3.05) is 0 Å².